The number of benzene rings is 10. The minimum absolute atomic E-state index is 0.793. The van der Waals surface area contributed by atoms with Crippen molar-refractivity contribution in [2.24, 2.45) is 0 Å². The molecule has 0 aliphatic heterocycles. The molecule has 0 N–H and O–H groups in total. The second-order valence-corrected chi connectivity index (χ2v) is 14.3. The lowest BCUT2D eigenvalue weighted by Gasteiger charge is -2.20. The van der Waals surface area contributed by atoms with Crippen LogP contribution in [-0.4, -0.2) is 0 Å². The van der Waals surface area contributed by atoms with Gasteiger partial charge in [0.2, 0.25) is 0 Å². The summed E-state index contributed by atoms with van der Waals surface area (Å²) in [5, 5.41) is 14.3. The number of furan rings is 2. The zero-order valence-electron chi connectivity index (χ0n) is 29.1. The van der Waals surface area contributed by atoms with Crippen LogP contribution in [0, 0.1) is 0 Å². The van der Waals surface area contributed by atoms with Gasteiger partial charge in [0.15, 0.2) is 11.2 Å². The predicted molar refractivity (Wildman–Crippen MR) is 227 cm³/mol. The van der Waals surface area contributed by atoms with Crippen molar-refractivity contribution >= 4 is 87.0 Å². The van der Waals surface area contributed by atoms with Crippen molar-refractivity contribution in [3.8, 4) is 33.4 Å². The summed E-state index contributed by atoms with van der Waals surface area (Å²) in [4.78, 5) is 0. The molecule has 0 fully saturated rings. The lowest BCUT2D eigenvalue weighted by Crippen LogP contribution is -1.93. The summed E-state index contributed by atoms with van der Waals surface area (Å²) in [5.41, 5.74) is 10.7. The monoisotopic (exact) mass is 686 g/mol. The Morgan fingerprint density at radius 2 is 0.722 bits per heavy atom. The van der Waals surface area contributed by atoms with Crippen LogP contribution in [0.2, 0.25) is 0 Å². The minimum Gasteiger partial charge on any atom is -0.452 e. The van der Waals surface area contributed by atoms with E-state index in [0.717, 1.165) is 49.4 Å². The van der Waals surface area contributed by atoms with Gasteiger partial charge in [0.25, 0.3) is 0 Å². The summed E-state index contributed by atoms with van der Waals surface area (Å²) >= 11 is 0. The van der Waals surface area contributed by atoms with Gasteiger partial charge in [-0.1, -0.05) is 152 Å². The van der Waals surface area contributed by atoms with Gasteiger partial charge < -0.3 is 8.83 Å². The lowest BCUT2D eigenvalue weighted by atomic mass is 9.83. The Kier molecular flexibility index (Phi) is 6.09. The van der Waals surface area contributed by atoms with Crippen molar-refractivity contribution in [2.75, 3.05) is 0 Å². The summed E-state index contributed by atoms with van der Waals surface area (Å²) in [6, 6.07) is 65.8. The standard InChI is InChI=1S/C52H30O2/c1-2-14-33-31(12-1)13-11-22-38(33)49-39-18-5-7-20-41(39)50(42-21-8-6-19-40(42)49)43-26-25-34(35-15-3-4-16-36(35)43)32-24-29-48-46(30-32)45-28-27-44-37-17-9-10-23-47(37)53-51(44)52(45)54-48/h1-30H. The maximum Gasteiger partial charge on any atom is 0.178 e. The second-order valence-electron chi connectivity index (χ2n) is 14.3. The third-order valence-corrected chi connectivity index (χ3v) is 11.5. The highest BCUT2D eigenvalue weighted by Gasteiger charge is 2.21. The molecule has 54 heavy (non-hydrogen) atoms. The van der Waals surface area contributed by atoms with Crippen LogP contribution in [0.3, 0.4) is 0 Å². The number of rotatable bonds is 3. The van der Waals surface area contributed by atoms with E-state index in [9.17, 15) is 0 Å². The summed E-state index contributed by atoms with van der Waals surface area (Å²) in [5.74, 6) is 0. The fraction of sp³-hybridized carbons (Fsp3) is 0. The van der Waals surface area contributed by atoms with Gasteiger partial charge >= 0.3 is 0 Å². The number of hydrogen-bond donors (Lipinski definition) is 0. The molecule has 0 spiro atoms. The van der Waals surface area contributed by atoms with Crippen LogP contribution in [-0.2, 0) is 0 Å². The maximum absolute atomic E-state index is 6.50. The fourth-order valence-electron chi connectivity index (χ4n) is 9.11. The van der Waals surface area contributed by atoms with E-state index >= 15 is 0 Å². The highest BCUT2D eigenvalue weighted by Crippen LogP contribution is 2.48. The van der Waals surface area contributed by atoms with E-state index in [2.05, 4.69) is 164 Å². The average molecular weight is 687 g/mol. The zero-order valence-corrected chi connectivity index (χ0v) is 29.1. The third kappa shape index (κ3) is 4.11. The smallest absolute Gasteiger partial charge is 0.178 e. The Hall–Kier alpha value is -7.16. The molecule has 2 heterocycles. The SMILES string of the molecule is c1ccc2c(-c3c4ccccc4c(-c4ccc(-c5ccc6oc7c(ccc8c9ccccc9oc87)c6c5)c5ccccc45)c4ccccc34)cccc2c1. The molecule has 0 unspecified atom stereocenters. The van der Waals surface area contributed by atoms with E-state index in [1.54, 1.807) is 0 Å². The number of hydrogen-bond acceptors (Lipinski definition) is 2. The molecular formula is C52H30O2. The van der Waals surface area contributed by atoms with Crippen molar-refractivity contribution in [2.45, 2.75) is 0 Å². The lowest BCUT2D eigenvalue weighted by molar-refractivity contribution is 0.633. The van der Waals surface area contributed by atoms with E-state index in [-0.39, 0.29) is 0 Å². The quantitative estimate of drug-likeness (QED) is 0.173. The van der Waals surface area contributed by atoms with Crippen LogP contribution in [0.4, 0.5) is 0 Å². The van der Waals surface area contributed by atoms with E-state index in [0.29, 0.717) is 0 Å². The van der Waals surface area contributed by atoms with Gasteiger partial charge in [-0.2, -0.15) is 0 Å². The van der Waals surface area contributed by atoms with E-state index in [1.807, 2.05) is 18.2 Å². The first-order valence-corrected chi connectivity index (χ1v) is 18.5. The number of fused-ring (bicyclic) bond motifs is 11. The molecule has 12 aromatic rings. The molecule has 0 saturated heterocycles. The summed E-state index contributed by atoms with van der Waals surface area (Å²) in [6.45, 7) is 0. The Morgan fingerprint density at radius 1 is 0.259 bits per heavy atom. The molecule has 0 aliphatic rings. The molecule has 250 valence electrons. The molecule has 12 rings (SSSR count). The Balaban J connectivity index is 1.09. The highest BCUT2D eigenvalue weighted by atomic mass is 16.4. The van der Waals surface area contributed by atoms with Gasteiger partial charge in [-0.25, -0.2) is 0 Å². The molecule has 0 radical (unpaired) electrons. The maximum atomic E-state index is 6.50. The molecule has 2 aromatic heterocycles. The largest absolute Gasteiger partial charge is 0.452 e. The highest BCUT2D eigenvalue weighted by molar-refractivity contribution is 6.26. The minimum atomic E-state index is 0.793. The Bertz CT molecular complexity index is 3440. The van der Waals surface area contributed by atoms with Crippen LogP contribution in [0.15, 0.2) is 191 Å². The van der Waals surface area contributed by atoms with Crippen molar-refractivity contribution in [3.63, 3.8) is 0 Å². The normalized spacial score (nSPS) is 12.1. The van der Waals surface area contributed by atoms with Crippen LogP contribution < -0.4 is 0 Å². The topological polar surface area (TPSA) is 26.3 Å². The predicted octanol–water partition coefficient (Wildman–Crippen LogP) is 15.1. The number of para-hydroxylation sites is 1. The first-order valence-electron chi connectivity index (χ1n) is 18.5. The van der Waals surface area contributed by atoms with Crippen LogP contribution in [0.25, 0.3) is 120 Å². The summed E-state index contributed by atoms with van der Waals surface area (Å²) in [6.07, 6.45) is 0. The molecule has 2 heteroatoms. The molecular weight excluding hydrogens is 657 g/mol. The van der Waals surface area contributed by atoms with Gasteiger partial charge in [0.1, 0.15) is 11.2 Å². The molecule has 10 aromatic carbocycles. The molecule has 0 atom stereocenters. The zero-order chi connectivity index (χ0) is 35.3. The molecule has 0 bridgehead atoms. The van der Waals surface area contributed by atoms with Crippen molar-refractivity contribution in [1.29, 1.82) is 0 Å². The van der Waals surface area contributed by atoms with Crippen LogP contribution >= 0.6 is 0 Å². The summed E-state index contributed by atoms with van der Waals surface area (Å²) in [7, 11) is 0. The van der Waals surface area contributed by atoms with Crippen LogP contribution in [0.5, 0.6) is 0 Å². The Morgan fingerprint density at radius 3 is 1.39 bits per heavy atom. The Labute approximate surface area is 310 Å². The molecule has 0 aliphatic carbocycles. The molecule has 2 nitrogen and oxygen atoms in total. The van der Waals surface area contributed by atoms with Crippen molar-refractivity contribution < 1.29 is 8.83 Å². The molecule has 0 saturated carbocycles. The first-order chi connectivity index (χ1) is 26.8. The van der Waals surface area contributed by atoms with Gasteiger partial charge in [0.05, 0.1) is 0 Å². The van der Waals surface area contributed by atoms with Gasteiger partial charge in [0, 0.05) is 21.5 Å². The molecule has 0 amide bonds. The second kappa shape index (κ2) is 11.2. The summed E-state index contributed by atoms with van der Waals surface area (Å²) < 4.78 is 12.8. The van der Waals surface area contributed by atoms with E-state index < -0.39 is 0 Å². The van der Waals surface area contributed by atoms with E-state index in [4.69, 9.17) is 8.83 Å². The van der Waals surface area contributed by atoms with Gasteiger partial charge in [-0.05, 0) is 107 Å². The van der Waals surface area contributed by atoms with Gasteiger partial charge in [-0.3, -0.25) is 0 Å². The van der Waals surface area contributed by atoms with E-state index in [1.165, 1.54) is 70.9 Å². The fourth-order valence-corrected chi connectivity index (χ4v) is 9.11. The van der Waals surface area contributed by atoms with Crippen molar-refractivity contribution in [1.82, 2.24) is 0 Å². The van der Waals surface area contributed by atoms with Gasteiger partial charge in [-0.15, -0.1) is 0 Å². The van der Waals surface area contributed by atoms with Crippen molar-refractivity contribution in [3.05, 3.63) is 182 Å². The first kappa shape index (κ1) is 29.4. The average Bonchev–Trinajstić information content (AvgIpc) is 3.81. The third-order valence-electron chi connectivity index (χ3n) is 11.5. The van der Waals surface area contributed by atoms with Crippen LogP contribution in [0.1, 0.15) is 0 Å².